The van der Waals surface area contributed by atoms with E-state index in [2.05, 4.69) is 5.16 Å². The molecular formula is C8H7ClN2OS. The quantitative estimate of drug-likeness (QED) is 0.794. The molecular weight excluding hydrogens is 208 g/mol. The Morgan fingerprint density at radius 1 is 1.62 bits per heavy atom. The largest absolute Gasteiger partial charge is 0.381 e. The van der Waals surface area contributed by atoms with E-state index in [0.717, 1.165) is 10.4 Å². The highest BCUT2D eigenvalue weighted by Crippen LogP contribution is 2.36. The van der Waals surface area contributed by atoms with E-state index < -0.39 is 0 Å². The Morgan fingerprint density at radius 3 is 2.85 bits per heavy atom. The van der Waals surface area contributed by atoms with Crippen LogP contribution in [0.15, 0.2) is 16.0 Å². The summed E-state index contributed by atoms with van der Waals surface area (Å²) in [6, 6.07) is 1.82. The average molecular weight is 215 g/mol. The molecule has 0 saturated heterocycles. The van der Waals surface area contributed by atoms with Crippen LogP contribution in [0.5, 0.6) is 0 Å². The number of nitrogens with zero attached hydrogens (tertiary/aromatic N) is 1. The van der Waals surface area contributed by atoms with Crippen molar-refractivity contribution in [2.24, 2.45) is 0 Å². The normalized spacial score (nSPS) is 10.6. The highest BCUT2D eigenvalue weighted by Gasteiger charge is 2.15. The van der Waals surface area contributed by atoms with Gasteiger partial charge in [0, 0.05) is 5.56 Å². The summed E-state index contributed by atoms with van der Waals surface area (Å²) in [7, 11) is 0. The van der Waals surface area contributed by atoms with Gasteiger partial charge in [-0.3, -0.25) is 0 Å². The first-order valence-corrected chi connectivity index (χ1v) is 4.91. The van der Waals surface area contributed by atoms with Crippen LogP contribution in [0.2, 0.25) is 5.02 Å². The molecule has 0 amide bonds. The van der Waals surface area contributed by atoms with Crippen molar-refractivity contribution < 1.29 is 4.52 Å². The van der Waals surface area contributed by atoms with Gasteiger partial charge in [0.25, 0.3) is 0 Å². The second-order valence-electron chi connectivity index (χ2n) is 2.62. The molecule has 0 atom stereocenters. The van der Waals surface area contributed by atoms with E-state index in [9.17, 15) is 0 Å². The van der Waals surface area contributed by atoms with Gasteiger partial charge in [-0.15, -0.1) is 11.3 Å². The van der Waals surface area contributed by atoms with Crippen molar-refractivity contribution in [3.8, 4) is 10.6 Å². The van der Waals surface area contributed by atoms with Gasteiger partial charge in [-0.05, 0) is 18.4 Å². The van der Waals surface area contributed by atoms with Gasteiger partial charge < -0.3 is 10.3 Å². The fraction of sp³-hybridized carbons (Fsp3) is 0.125. The Balaban J connectivity index is 2.59. The minimum absolute atomic E-state index is 0.416. The number of hydrogen-bond donors (Lipinski definition) is 1. The van der Waals surface area contributed by atoms with Gasteiger partial charge in [-0.1, -0.05) is 16.8 Å². The van der Waals surface area contributed by atoms with Crippen LogP contribution in [0.3, 0.4) is 0 Å². The number of aromatic nitrogens is 1. The molecule has 0 aliphatic carbocycles. The standard InChI is InChI=1S/C8H7ClN2OS/c1-4-6(12-11-8(4)10)7-5(9)2-3-13-7/h2-3H,1H3,(H2,10,11). The molecule has 0 aliphatic rings. The van der Waals surface area contributed by atoms with Crippen LogP contribution in [-0.2, 0) is 0 Å². The Kier molecular flexibility index (Phi) is 2.01. The molecule has 0 unspecified atom stereocenters. The topological polar surface area (TPSA) is 52.0 Å². The lowest BCUT2D eigenvalue weighted by Crippen LogP contribution is -1.85. The number of hydrogen-bond acceptors (Lipinski definition) is 4. The summed E-state index contributed by atoms with van der Waals surface area (Å²) in [5.41, 5.74) is 6.39. The lowest BCUT2D eigenvalue weighted by atomic mass is 10.2. The summed E-state index contributed by atoms with van der Waals surface area (Å²) in [5.74, 6) is 1.08. The number of halogens is 1. The first kappa shape index (κ1) is 8.59. The van der Waals surface area contributed by atoms with Crippen molar-refractivity contribution in [3.63, 3.8) is 0 Å². The van der Waals surface area contributed by atoms with Crippen LogP contribution in [0.1, 0.15) is 5.56 Å². The maximum Gasteiger partial charge on any atom is 0.183 e. The molecule has 0 aliphatic heterocycles. The van der Waals surface area contributed by atoms with E-state index >= 15 is 0 Å². The highest BCUT2D eigenvalue weighted by molar-refractivity contribution is 7.14. The molecule has 2 heterocycles. The summed E-state index contributed by atoms with van der Waals surface area (Å²) in [5, 5.41) is 6.23. The van der Waals surface area contributed by atoms with Crippen molar-refractivity contribution in [1.29, 1.82) is 0 Å². The maximum atomic E-state index is 5.94. The molecule has 68 valence electrons. The lowest BCUT2D eigenvalue weighted by molar-refractivity contribution is 0.436. The van der Waals surface area contributed by atoms with Gasteiger partial charge in [0.05, 0.1) is 9.90 Å². The summed E-state index contributed by atoms with van der Waals surface area (Å²) < 4.78 is 5.07. The van der Waals surface area contributed by atoms with E-state index in [0.29, 0.717) is 16.6 Å². The fourth-order valence-electron chi connectivity index (χ4n) is 1.02. The Bertz CT molecular complexity index is 435. The minimum Gasteiger partial charge on any atom is -0.381 e. The monoisotopic (exact) mass is 214 g/mol. The molecule has 0 bridgehead atoms. The van der Waals surface area contributed by atoms with Gasteiger partial charge in [-0.25, -0.2) is 0 Å². The van der Waals surface area contributed by atoms with Crippen molar-refractivity contribution >= 4 is 28.8 Å². The molecule has 3 nitrogen and oxygen atoms in total. The molecule has 2 rings (SSSR count). The van der Waals surface area contributed by atoms with Gasteiger partial charge in [0.1, 0.15) is 0 Å². The molecule has 2 aromatic heterocycles. The molecule has 0 saturated carbocycles. The van der Waals surface area contributed by atoms with Gasteiger partial charge >= 0.3 is 0 Å². The van der Waals surface area contributed by atoms with Gasteiger partial charge in [-0.2, -0.15) is 0 Å². The first-order chi connectivity index (χ1) is 6.20. The molecule has 5 heteroatoms. The van der Waals surface area contributed by atoms with E-state index in [1.54, 1.807) is 0 Å². The van der Waals surface area contributed by atoms with Gasteiger partial charge in [0.2, 0.25) is 0 Å². The Hall–Kier alpha value is -1.00. The van der Waals surface area contributed by atoms with Crippen molar-refractivity contribution in [1.82, 2.24) is 5.16 Å². The third-order valence-electron chi connectivity index (χ3n) is 1.78. The van der Waals surface area contributed by atoms with Crippen molar-refractivity contribution in [2.75, 3.05) is 5.73 Å². The zero-order valence-electron chi connectivity index (χ0n) is 6.87. The molecule has 0 aromatic carbocycles. The summed E-state index contributed by atoms with van der Waals surface area (Å²) >= 11 is 7.45. The maximum absolute atomic E-state index is 5.94. The smallest absolute Gasteiger partial charge is 0.183 e. The predicted octanol–water partition coefficient (Wildman–Crippen LogP) is 2.95. The lowest BCUT2D eigenvalue weighted by Gasteiger charge is -1.92. The molecule has 0 radical (unpaired) electrons. The Labute approximate surface area is 84.1 Å². The third-order valence-corrected chi connectivity index (χ3v) is 3.12. The van der Waals surface area contributed by atoms with Crippen molar-refractivity contribution in [2.45, 2.75) is 6.92 Å². The molecule has 2 N–H and O–H groups in total. The van der Waals surface area contributed by atoms with Gasteiger partial charge in [0.15, 0.2) is 11.6 Å². The zero-order chi connectivity index (χ0) is 9.42. The molecule has 2 aromatic rings. The number of anilines is 1. The number of thiophene rings is 1. The van der Waals surface area contributed by atoms with Crippen LogP contribution >= 0.6 is 22.9 Å². The van der Waals surface area contributed by atoms with E-state index in [1.165, 1.54) is 11.3 Å². The SMILES string of the molecule is Cc1c(N)noc1-c1sccc1Cl. The van der Waals surface area contributed by atoms with E-state index in [-0.39, 0.29) is 0 Å². The third kappa shape index (κ3) is 1.32. The van der Waals surface area contributed by atoms with E-state index in [1.807, 2.05) is 18.4 Å². The number of nitrogen functional groups attached to an aromatic ring is 1. The van der Waals surface area contributed by atoms with Crippen LogP contribution in [0.25, 0.3) is 10.6 Å². The second kappa shape index (κ2) is 3.05. The summed E-state index contributed by atoms with van der Waals surface area (Å²) in [4.78, 5) is 0.878. The highest BCUT2D eigenvalue weighted by atomic mass is 35.5. The average Bonchev–Trinajstić information content (AvgIpc) is 2.62. The minimum atomic E-state index is 0.416. The van der Waals surface area contributed by atoms with Crippen LogP contribution < -0.4 is 5.73 Å². The molecule has 0 fully saturated rings. The Morgan fingerprint density at radius 2 is 2.38 bits per heavy atom. The zero-order valence-corrected chi connectivity index (χ0v) is 8.45. The number of rotatable bonds is 1. The molecule has 13 heavy (non-hydrogen) atoms. The number of nitrogens with two attached hydrogens (primary N) is 1. The van der Waals surface area contributed by atoms with E-state index in [4.69, 9.17) is 21.9 Å². The van der Waals surface area contributed by atoms with Crippen LogP contribution in [0, 0.1) is 6.92 Å². The van der Waals surface area contributed by atoms with Crippen molar-refractivity contribution in [3.05, 3.63) is 22.0 Å². The summed E-state index contributed by atoms with van der Waals surface area (Å²) in [6.07, 6.45) is 0. The summed E-state index contributed by atoms with van der Waals surface area (Å²) in [6.45, 7) is 1.86. The first-order valence-electron chi connectivity index (χ1n) is 3.65. The molecule has 0 spiro atoms. The van der Waals surface area contributed by atoms with Crippen LogP contribution in [-0.4, -0.2) is 5.16 Å². The second-order valence-corrected chi connectivity index (χ2v) is 3.94. The van der Waals surface area contributed by atoms with Crippen LogP contribution in [0.4, 0.5) is 5.82 Å². The predicted molar refractivity (Wildman–Crippen MR) is 54.0 cm³/mol. The fourth-order valence-corrected chi connectivity index (χ4v) is 2.19.